The summed E-state index contributed by atoms with van der Waals surface area (Å²) < 4.78 is 5.43. The Hall–Kier alpha value is -2.89. The number of carboxylic acid groups (broad SMARTS) is 1. The molecule has 20 heavy (non-hydrogen) atoms. The standard InChI is InChI=1S/C14H11NO5/c1-9-5-6-13(12(7-9)14(16)17)20-11-4-2-3-10(8-11)15(18)19/h2-8H,1H3,(H,16,17). The molecule has 0 saturated heterocycles. The molecule has 2 rings (SSSR count). The Morgan fingerprint density at radius 1 is 1.25 bits per heavy atom. The summed E-state index contributed by atoms with van der Waals surface area (Å²) in [6.45, 7) is 1.77. The summed E-state index contributed by atoms with van der Waals surface area (Å²) in [5.41, 5.74) is 0.678. The molecule has 0 spiro atoms. The number of aromatic carboxylic acids is 1. The van der Waals surface area contributed by atoms with E-state index < -0.39 is 10.9 Å². The van der Waals surface area contributed by atoms with Crippen molar-refractivity contribution in [3.8, 4) is 11.5 Å². The van der Waals surface area contributed by atoms with Gasteiger partial charge in [0, 0.05) is 6.07 Å². The van der Waals surface area contributed by atoms with E-state index in [0.29, 0.717) is 0 Å². The minimum Gasteiger partial charge on any atom is -0.478 e. The Bertz CT molecular complexity index is 681. The quantitative estimate of drug-likeness (QED) is 0.681. The summed E-state index contributed by atoms with van der Waals surface area (Å²) in [5, 5.41) is 19.8. The molecule has 0 saturated carbocycles. The minimum absolute atomic E-state index is 0.0107. The van der Waals surface area contributed by atoms with Gasteiger partial charge in [-0.3, -0.25) is 10.1 Å². The molecule has 0 aliphatic carbocycles. The van der Waals surface area contributed by atoms with E-state index in [1.54, 1.807) is 13.0 Å². The molecule has 0 bridgehead atoms. The number of hydrogen-bond donors (Lipinski definition) is 1. The molecule has 102 valence electrons. The molecule has 0 heterocycles. The number of carbonyl (C=O) groups is 1. The molecule has 0 amide bonds. The van der Waals surface area contributed by atoms with Crippen LogP contribution in [0.15, 0.2) is 42.5 Å². The number of nitro groups is 1. The fourth-order valence-corrected chi connectivity index (χ4v) is 1.69. The van der Waals surface area contributed by atoms with Crippen molar-refractivity contribution < 1.29 is 19.6 Å². The lowest BCUT2D eigenvalue weighted by Crippen LogP contribution is -2.00. The Morgan fingerprint density at radius 2 is 2.00 bits per heavy atom. The van der Waals surface area contributed by atoms with Crippen LogP contribution < -0.4 is 4.74 Å². The van der Waals surface area contributed by atoms with Gasteiger partial charge < -0.3 is 9.84 Å². The predicted molar refractivity (Wildman–Crippen MR) is 71.3 cm³/mol. The van der Waals surface area contributed by atoms with Crippen molar-refractivity contribution in [3.63, 3.8) is 0 Å². The molecular weight excluding hydrogens is 262 g/mol. The second-order valence-corrected chi connectivity index (χ2v) is 4.16. The average molecular weight is 273 g/mol. The van der Waals surface area contributed by atoms with Gasteiger partial charge in [0.15, 0.2) is 0 Å². The normalized spacial score (nSPS) is 10.1. The zero-order chi connectivity index (χ0) is 14.7. The van der Waals surface area contributed by atoms with Crippen molar-refractivity contribution in [1.29, 1.82) is 0 Å². The zero-order valence-corrected chi connectivity index (χ0v) is 10.6. The lowest BCUT2D eigenvalue weighted by Gasteiger charge is -2.09. The summed E-state index contributed by atoms with van der Waals surface area (Å²) in [6, 6.07) is 10.3. The van der Waals surface area contributed by atoms with E-state index in [0.717, 1.165) is 5.56 Å². The lowest BCUT2D eigenvalue weighted by atomic mass is 10.1. The number of rotatable bonds is 4. The smallest absolute Gasteiger partial charge is 0.339 e. The molecule has 0 fully saturated rings. The fraction of sp³-hybridized carbons (Fsp3) is 0.0714. The van der Waals surface area contributed by atoms with Gasteiger partial charge in [0.05, 0.1) is 11.0 Å². The second-order valence-electron chi connectivity index (χ2n) is 4.16. The third-order valence-electron chi connectivity index (χ3n) is 2.62. The summed E-state index contributed by atoms with van der Waals surface area (Å²) in [5.74, 6) is -0.761. The first-order valence-electron chi connectivity index (χ1n) is 5.73. The van der Waals surface area contributed by atoms with E-state index in [-0.39, 0.29) is 22.7 Å². The lowest BCUT2D eigenvalue weighted by molar-refractivity contribution is -0.384. The van der Waals surface area contributed by atoms with E-state index in [1.807, 2.05) is 0 Å². The molecule has 0 unspecified atom stereocenters. The number of nitro benzene ring substituents is 1. The maximum Gasteiger partial charge on any atom is 0.339 e. The summed E-state index contributed by atoms with van der Waals surface area (Å²) in [7, 11) is 0. The molecule has 2 aromatic rings. The molecule has 0 aliphatic heterocycles. The van der Waals surface area contributed by atoms with E-state index in [9.17, 15) is 14.9 Å². The van der Waals surface area contributed by atoms with Crippen LogP contribution in [-0.2, 0) is 0 Å². The van der Waals surface area contributed by atoms with Gasteiger partial charge in [-0.1, -0.05) is 17.7 Å². The molecule has 0 radical (unpaired) electrons. The summed E-state index contributed by atoms with van der Waals surface area (Å²) in [4.78, 5) is 21.3. The Labute approximate surface area is 114 Å². The van der Waals surface area contributed by atoms with E-state index in [4.69, 9.17) is 9.84 Å². The topological polar surface area (TPSA) is 89.7 Å². The van der Waals surface area contributed by atoms with E-state index in [1.165, 1.54) is 36.4 Å². The molecule has 1 N–H and O–H groups in total. The van der Waals surface area contributed by atoms with Crippen LogP contribution >= 0.6 is 0 Å². The van der Waals surface area contributed by atoms with Gasteiger partial charge in [-0.05, 0) is 25.1 Å². The van der Waals surface area contributed by atoms with Crippen LogP contribution in [0.2, 0.25) is 0 Å². The zero-order valence-electron chi connectivity index (χ0n) is 10.6. The maximum absolute atomic E-state index is 11.2. The van der Waals surface area contributed by atoms with Crippen LogP contribution in [0.4, 0.5) is 5.69 Å². The first kappa shape index (κ1) is 13.5. The minimum atomic E-state index is -1.12. The van der Waals surface area contributed by atoms with Crippen molar-refractivity contribution in [2.75, 3.05) is 0 Å². The molecule has 0 aromatic heterocycles. The summed E-state index contributed by atoms with van der Waals surface area (Å²) in [6.07, 6.45) is 0. The monoisotopic (exact) mass is 273 g/mol. The first-order chi connectivity index (χ1) is 9.47. The number of nitrogens with zero attached hydrogens (tertiary/aromatic N) is 1. The fourth-order valence-electron chi connectivity index (χ4n) is 1.69. The van der Waals surface area contributed by atoms with Gasteiger partial charge in [-0.25, -0.2) is 4.79 Å². The van der Waals surface area contributed by atoms with Crippen LogP contribution in [0.1, 0.15) is 15.9 Å². The van der Waals surface area contributed by atoms with Gasteiger partial charge in [-0.2, -0.15) is 0 Å². The Kier molecular flexibility index (Phi) is 3.65. The SMILES string of the molecule is Cc1ccc(Oc2cccc([N+](=O)[O-])c2)c(C(=O)O)c1. The van der Waals surface area contributed by atoms with Gasteiger partial charge >= 0.3 is 5.97 Å². The Morgan fingerprint density at radius 3 is 2.65 bits per heavy atom. The third-order valence-corrected chi connectivity index (χ3v) is 2.62. The van der Waals surface area contributed by atoms with Crippen LogP contribution in [0.5, 0.6) is 11.5 Å². The highest BCUT2D eigenvalue weighted by molar-refractivity contribution is 5.91. The molecular formula is C14H11NO5. The first-order valence-corrected chi connectivity index (χ1v) is 5.73. The van der Waals surface area contributed by atoms with Gasteiger partial charge in [0.1, 0.15) is 17.1 Å². The van der Waals surface area contributed by atoms with Crippen LogP contribution in [0.3, 0.4) is 0 Å². The number of ether oxygens (including phenoxy) is 1. The molecule has 0 aliphatic rings. The average Bonchev–Trinajstić information content (AvgIpc) is 2.41. The summed E-state index contributed by atoms with van der Waals surface area (Å²) >= 11 is 0. The van der Waals surface area contributed by atoms with Gasteiger partial charge in [-0.15, -0.1) is 0 Å². The van der Waals surface area contributed by atoms with Crippen LogP contribution in [0.25, 0.3) is 0 Å². The largest absolute Gasteiger partial charge is 0.478 e. The van der Waals surface area contributed by atoms with Crippen molar-refractivity contribution in [3.05, 3.63) is 63.7 Å². The van der Waals surface area contributed by atoms with Gasteiger partial charge in [0.25, 0.3) is 5.69 Å². The van der Waals surface area contributed by atoms with Crippen LogP contribution in [0, 0.1) is 17.0 Å². The van der Waals surface area contributed by atoms with Crippen molar-refractivity contribution in [2.24, 2.45) is 0 Å². The number of benzene rings is 2. The number of hydrogen-bond acceptors (Lipinski definition) is 4. The van der Waals surface area contributed by atoms with Gasteiger partial charge in [0.2, 0.25) is 0 Å². The van der Waals surface area contributed by atoms with E-state index in [2.05, 4.69) is 0 Å². The van der Waals surface area contributed by atoms with E-state index >= 15 is 0 Å². The maximum atomic E-state index is 11.2. The Balaban J connectivity index is 2.37. The van der Waals surface area contributed by atoms with Crippen molar-refractivity contribution in [1.82, 2.24) is 0 Å². The van der Waals surface area contributed by atoms with Crippen molar-refractivity contribution in [2.45, 2.75) is 6.92 Å². The highest BCUT2D eigenvalue weighted by atomic mass is 16.6. The number of aryl methyl sites for hydroxylation is 1. The molecule has 0 atom stereocenters. The highest BCUT2D eigenvalue weighted by Gasteiger charge is 2.13. The number of non-ortho nitro benzene ring substituents is 1. The highest BCUT2D eigenvalue weighted by Crippen LogP contribution is 2.28. The number of carboxylic acids is 1. The predicted octanol–water partition coefficient (Wildman–Crippen LogP) is 3.39. The molecule has 2 aromatic carbocycles. The third kappa shape index (κ3) is 2.92. The molecule has 6 heteroatoms. The molecule has 6 nitrogen and oxygen atoms in total. The second kappa shape index (κ2) is 5.40. The van der Waals surface area contributed by atoms with Crippen LogP contribution in [-0.4, -0.2) is 16.0 Å². The van der Waals surface area contributed by atoms with Crippen molar-refractivity contribution >= 4 is 11.7 Å².